The van der Waals surface area contributed by atoms with Crippen LogP contribution in [0.25, 0.3) is 28.2 Å². The van der Waals surface area contributed by atoms with Crippen molar-refractivity contribution in [2.75, 3.05) is 5.75 Å². The molecule has 176 valence electrons. The molecule has 0 aliphatic heterocycles. The molecule has 4 nitrogen and oxygen atoms in total. The van der Waals surface area contributed by atoms with E-state index in [9.17, 15) is 13.7 Å². The third-order valence-electron chi connectivity index (χ3n) is 5.42. The van der Waals surface area contributed by atoms with Gasteiger partial charge in [-0.1, -0.05) is 42.8 Å². The molecular formula is C26H23ClF2N2O2S. The summed E-state index contributed by atoms with van der Waals surface area (Å²) in [5.74, 6) is -0.480. The summed E-state index contributed by atoms with van der Waals surface area (Å²) in [6.45, 7) is 4.96. The van der Waals surface area contributed by atoms with Crippen molar-refractivity contribution in [1.29, 1.82) is 0 Å². The van der Waals surface area contributed by atoms with Crippen molar-refractivity contribution in [3.63, 3.8) is 0 Å². The van der Waals surface area contributed by atoms with Gasteiger partial charge in [0.2, 0.25) is 0 Å². The zero-order valence-electron chi connectivity index (χ0n) is 18.8. The van der Waals surface area contributed by atoms with Crippen molar-refractivity contribution in [2.24, 2.45) is 0 Å². The molecule has 0 radical (unpaired) electrons. The van der Waals surface area contributed by atoms with Crippen LogP contribution < -0.4 is 0 Å². The van der Waals surface area contributed by atoms with Crippen LogP contribution in [0.3, 0.4) is 0 Å². The van der Waals surface area contributed by atoms with E-state index in [0.29, 0.717) is 16.2 Å². The third kappa shape index (κ3) is 4.69. The first kappa shape index (κ1) is 24.3. The minimum Gasteiger partial charge on any atom is -0.384 e. The lowest BCUT2D eigenvalue weighted by Crippen LogP contribution is -2.15. The predicted octanol–water partition coefficient (Wildman–Crippen LogP) is 6.49. The number of aliphatic hydroxyl groups is 1. The maximum Gasteiger partial charge on any atom is 0.147 e. The molecule has 0 bridgehead atoms. The monoisotopic (exact) mass is 500 g/mol. The number of hydrogen-bond donors (Lipinski definition) is 1. The molecule has 0 aliphatic rings. The molecule has 0 aliphatic carbocycles. The number of imidazole rings is 1. The summed E-state index contributed by atoms with van der Waals surface area (Å²) >= 11 is 6.20. The molecule has 4 rings (SSSR count). The molecule has 1 aromatic heterocycles. The molecule has 1 heterocycles. The van der Waals surface area contributed by atoms with Crippen LogP contribution in [0.4, 0.5) is 8.78 Å². The second kappa shape index (κ2) is 9.41. The highest BCUT2D eigenvalue weighted by Crippen LogP contribution is 2.34. The van der Waals surface area contributed by atoms with Gasteiger partial charge < -0.3 is 5.11 Å². The van der Waals surface area contributed by atoms with Crippen LogP contribution in [0.5, 0.6) is 0 Å². The van der Waals surface area contributed by atoms with Gasteiger partial charge in [-0.15, -0.1) is 0 Å². The van der Waals surface area contributed by atoms with Gasteiger partial charge in [0.15, 0.2) is 0 Å². The molecule has 8 heteroatoms. The van der Waals surface area contributed by atoms with Gasteiger partial charge in [-0.3, -0.25) is 8.78 Å². The Balaban J connectivity index is 1.85. The fraction of sp³-hybridized carbons (Fsp3) is 0.192. The van der Waals surface area contributed by atoms with Gasteiger partial charge in [0.05, 0.1) is 27.2 Å². The van der Waals surface area contributed by atoms with E-state index in [4.69, 9.17) is 11.6 Å². The quantitative estimate of drug-likeness (QED) is 0.329. The Labute approximate surface area is 204 Å². The van der Waals surface area contributed by atoms with Crippen LogP contribution in [0.15, 0.2) is 71.8 Å². The molecule has 34 heavy (non-hydrogen) atoms. The number of hydrogen-bond acceptors (Lipinski definition) is 3. The lowest BCUT2D eigenvalue weighted by atomic mass is 10.0. The van der Waals surface area contributed by atoms with Crippen LogP contribution in [0.1, 0.15) is 26.5 Å². The van der Waals surface area contributed by atoms with Crippen LogP contribution in [0, 0.1) is 11.6 Å². The van der Waals surface area contributed by atoms with Gasteiger partial charge in [0.25, 0.3) is 0 Å². The normalized spacial score (nSPS) is 12.7. The van der Waals surface area contributed by atoms with Gasteiger partial charge in [-0.25, -0.2) is 13.8 Å². The second-order valence-corrected chi connectivity index (χ2v) is 10.4. The van der Waals surface area contributed by atoms with Crippen LogP contribution in [0.2, 0.25) is 5.02 Å². The number of aromatic nitrogens is 2. The molecule has 0 fully saturated rings. The van der Waals surface area contributed by atoms with E-state index in [1.54, 1.807) is 50.2 Å². The van der Waals surface area contributed by atoms with Gasteiger partial charge >= 0.3 is 0 Å². The zero-order chi connectivity index (χ0) is 24.6. The molecule has 1 unspecified atom stereocenters. The van der Waals surface area contributed by atoms with Crippen molar-refractivity contribution in [2.45, 2.75) is 31.3 Å². The van der Waals surface area contributed by atoms with Crippen molar-refractivity contribution < 1.29 is 18.1 Å². The summed E-state index contributed by atoms with van der Waals surface area (Å²) in [6.07, 6.45) is 1.51. The van der Waals surface area contributed by atoms with E-state index < -0.39 is 28.0 Å². The molecule has 1 atom stereocenters. The van der Waals surface area contributed by atoms with E-state index in [0.717, 1.165) is 5.56 Å². The second-order valence-electron chi connectivity index (χ2n) is 8.31. The van der Waals surface area contributed by atoms with E-state index in [1.165, 1.54) is 29.0 Å². The standard InChI is InChI=1S/C26H23ClF2N2O2S/c1-4-34(33)18-8-5-7-16(13-18)17-11-12-22(21(29)14-17)31-15-23(26(2,3)32)30-25(31)19-9-6-10-20(28)24(19)27/h5-15,32H,4H2,1-3H3. The highest BCUT2D eigenvalue weighted by Gasteiger charge is 2.25. The van der Waals surface area contributed by atoms with Gasteiger partial charge in [0.1, 0.15) is 23.1 Å². The maximum absolute atomic E-state index is 15.4. The lowest BCUT2D eigenvalue weighted by molar-refractivity contribution is 0.0743. The van der Waals surface area contributed by atoms with E-state index in [1.807, 2.05) is 13.0 Å². The Morgan fingerprint density at radius 3 is 2.41 bits per heavy atom. The summed E-state index contributed by atoms with van der Waals surface area (Å²) in [5, 5.41) is 10.4. The first-order valence-corrected chi connectivity index (χ1v) is 12.3. The fourth-order valence-electron chi connectivity index (χ4n) is 3.59. The zero-order valence-corrected chi connectivity index (χ0v) is 20.4. The van der Waals surface area contributed by atoms with Crippen molar-refractivity contribution in [1.82, 2.24) is 9.55 Å². The minimum absolute atomic E-state index is 0.144. The van der Waals surface area contributed by atoms with Gasteiger partial charge in [0, 0.05) is 22.4 Å². The number of nitrogens with zero attached hydrogens (tertiary/aromatic N) is 2. The van der Waals surface area contributed by atoms with Crippen LogP contribution >= 0.6 is 11.6 Å². The smallest absolute Gasteiger partial charge is 0.147 e. The first-order chi connectivity index (χ1) is 16.1. The molecule has 0 saturated carbocycles. The Morgan fingerprint density at radius 1 is 1.03 bits per heavy atom. The first-order valence-electron chi connectivity index (χ1n) is 10.7. The highest BCUT2D eigenvalue weighted by atomic mass is 35.5. The third-order valence-corrected chi connectivity index (χ3v) is 7.11. The average Bonchev–Trinajstić information content (AvgIpc) is 3.26. The molecule has 1 N–H and O–H groups in total. The summed E-state index contributed by atoms with van der Waals surface area (Å²) < 4.78 is 43.2. The van der Waals surface area contributed by atoms with E-state index in [2.05, 4.69) is 4.98 Å². The highest BCUT2D eigenvalue weighted by molar-refractivity contribution is 7.85. The fourth-order valence-corrected chi connectivity index (χ4v) is 4.62. The van der Waals surface area contributed by atoms with Crippen molar-refractivity contribution in [3.8, 4) is 28.2 Å². The Bertz CT molecular complexity index is 1400. The number of halogens is 3. The summed E-state index contributed by atoms with van der Waals surface area (Å²) in [7, 11) is -1.12. The molecule has 0 saturated heterocycles. The molecule has 3 aromatic carbocycles. The number of rotatable bonds is 6. The molecular weight excluding hydrogens is 478 g/mol. The Hall–Kier alpha value is -2.87. The largest absolute Gasteiger partial charge is 0.384 e. The minimum atomic E-state index is -1.31. The van der Waals surface area contributed by atoms with Crippen molar-refractivity contribution >= 4 is 22.4 Å². The SMILES string of the molecule is CCS(=O)c1cccc(-c2ccc(-n3cc(C(C)(C)O)nc3-c3cccc(F)c3Cl)c(F)c2)c1. The molecule has 4 aromatic rings. The topological polar surface area (TPSA) is 55.1 Å². The van der Waals surface area contributed by atoms with E-state index >= 15 is 4.39 Å². The predicted molar refractivity (Wildman–Crippen MR) is 132 cm³/mol. The van der Waals surface area contributed by atoms with Crippen LogP contribution in [-0.2, 0) is 16.4 Å². The van der Waals surface area contributed by atoms with Gasteiger partial charge in [-0.2, -0.15) is 0 Å². The Morgan fingerprint density at radius 2 is 1.74 bits per heavy atom. The van der Waals surface area contributed by atoms with E-state index in [-0.39, 0.29) is 27.8 Å². The summed E-state index contributed by atoms with van der Waals surface area (Å²) in [5.41, 5.74) is 0.753. The molecule has 0 amide bonds. The molecule has 0 spiro atoms. The lowest BCUT2D eigenvalue weighted by Gasteiger charge is -2.13. The maximum atomic E-state index is 15.4. The van der Waals surface area contributed by atoms with Crippen LogP contribution in [-0.4, -0.2) is 24.6 Å². The van der Waals surface area contributed by atoms with Gasteiger partial charge in [-0.05, 0) is 61.4 Å². The Kier molecular flexibility index (Phi) is 6.71. The summed E-state index contributed by atoms with van der Waals surface area (Å²) in [6, 6.07) is 16.2. The number of benzene rings is 3. The average molecular weight is 501 g/mol. The summed E-state index contributed by atoms with van der Waals surface area (Å²) in [4.78, 5) is 5.13. The van der Waals surface area contributed by atoms with Crippen molar-refractivity contribution in [3.05, 3.63) is 89.2 Å².